The van der Waals surface area contributed by atoms with Crippen molar-refractivity contribution in [2.24, 2.45) is 0 Å². The number of rotatable bonds is 15. The van der Waals surface area contributed by atoms with E-state index < -0.39 is 21.8 Å². The monoisotopic (exact) mass is 1520 g/mol. The molecule has 2 aliphatic rings. The number of aromatic nitrogens is 2. The number of H-pyrrole nitrogens is 1. The number of para-hydroxylation sites is 2. The lowest BCUT2D eigenvalue weighted by atomic mass is 10.1. The first-order valence-electron chi connectivity index (χ1n) is 34.9. The molecule has 19 heteroatoms. The van der Waals surface area contributed by atoms with E-state index in [0.29, 0.717) is 39.7 Å². The molecule has 1 saturated heterocycles. The molecule has 3 aromatic heterocycles. The number of imidazole rings is 1. The zero-order valence-electron chi connectivity index (χ0n) is 61.3. The minimum atomic E-state index is -3.50. The van der Waals surface area contributed by atoms with Crippen molar-refractivity contribution >= 4 is 138 Å². The summed E-state index contributed by atoms with van der Waals surface area (Å²) in [5.74, 6) is -0.770. The number of amides is 3. The van der Waals surface area contributed by atoms with Crippen LogP contribution in [0.2, 0.25) is 5.02 Å². The normalized spacial score (nSPS) is 13.7. The summed E-state index contributed by atoms with van der Waals surface area (Å²) in [6.45, 7) is 16.1. The standard InChI is InChI=1S/C24H22.C21H16O2S.C16H15N3OS.C15H21NO3S.C12H10Cl2N2O2/c1-19-3-7-21(8-4-19)11-13-23-15-17-24(18-16-23)14-12-22-9-5-20(2)6-10-22;1-13-3-6-15(7-4-13)20-11-17(12-24-20)18-10-16-8-5-14(2)9-19(16)23-21(18)22;1-11-6-8-12(9-7-11)17-15(20)10-21-16-18-13-4-2-3-5-14(13)19-16;1-11-7-8-14(10-15(11)13(3)17)20(18,19)16-9-5-4-6-12(16)2;1-15(2)10-9(14)11(17)16(12(10)18)8-5-3-7(13)4-6-8/h3-18H,1-2H3;3-12H,1-2H3;2-9H,10H2,1H3,(H,17,20)(H,18,19);7-8,10,12H,4-6,9H2,1-3H3;3-6H,1-2H3/b13-11+,14-12+;;;;. The van der Waals surface area contributed by atoms with E-state index in [-0.39, 0.29) is 39.0 Å². The number of likely N-dealkylation sites (N-methyl/N-ethyl adjacent to an activating group) is 1. The van der Waals surface area contributed by atoms with Gasteiger partial charge in [-0.15, -0.1) is 11.3 Å². The lowest BCUT2D eigenvalue weighted by molar-refractivity contribution is -0.121. The molecule has 0 aliphatic carbocycles. The Morgan fingerprint density at radius 1 is 0.645 bits per heavy atom. The molecule has 5 heterocycles. The smallest absolute Gasteiger partial charge is 0.344 e. The number of benzene rings is 9. The van der Waals surface area contributed by atoms with Crippen molar-refractivity contribution in [3.63, 3.8) is 0 Å². The number of carbonyl (C=O) groups is 4. The summed E-state index contributed by atoms with van der Waals surface area (Å²) < 4.78 is 32.5. The number of aromatic amines is 1. The van der Waals surface area contributed by atoms with Crippen LogP contribution in [0.3, 0.4) is 0 Å². The number of imide groups is 1. The number of sulfonamides is 1. The lowest BCUT2D eigenvalue weighted by Crippen LogP contribution is -2.41. The van der Waals surface area contributed by atoms with Gasteiger partial charge in [-0.1, -0.05) is 227 Å². The van der Waals surface area contributed by atoms with Gasteiger partial charge in [0.15, 0.2) is 10.9 Å². The van der Waals surface area contributed by atoms with Gasteiger partial charge >= 0.3 is 5.63 Å². The number of aryl methyl sites for hydroxylation is 6. The van der Waals surface area contributed by atoms with Crippen LogP contribution in [0.4, 0.5) is 11.4 Å². The van der Waals surface area contributed by atoms with Crippen molar-refractivity contribution in [2.75, 3.05) is 36.6 Å². The first-order valence-corrected chi connectivity index (χ1v) is 38.9. The molecular weight excluding hydrogens is 1440 g/mol. The summed E-state index contributed by atoms with van der Waals surface area (Å²) >= 11 is 14.7. The average molecular weight is 1520 g/mol. The van der Waals surface area contributed by atoms with Gasteiger partial charge in [0.05, 0.1) is 32.9 Å². The first kappa shape index (κ1) is 79.1. The number of nitrogens with zero attached hydrogens (tertiary/aromatic N) is 4. The molecule has 3 amide bonds. The van der Waals surface area contributed by atoms with Gasteiger partial charge in [-0.25, -0.2) is 23.1 Å². The van der Waals surface area contributed by atoms with E-state index in [0.717, 1.165) is 78.6 Å². The van der Waals surface area contributed by atoms with Gasteiger partial charge in [-0.05, 0) is 191 Å². The van der Waals surface area contributed by atoms with Crippen molar-refractivity contribution in [3.8, 4) is 21.6 Å². The Morgan fingerprint density at radius 2 is 1.20 bits per heavy atom. The molecule has 0 saturated carbocycles. The molecule has 546 valence electrons. The number of ketones is 1. The molecule has 14 rings (SSSR count). The minimum Gasteiger partial charge on any atom is -0.422 e. The van der Waals surface area contributed by atoms with Crippen LogP contribution in [0.5, 0.6) is 0 Å². The van der Waals surface area contributed by atoms with Crippen LogP contribution in [-0.4, -0.2) is 83.5 Å². The van der Waals surface area contributed by atoms with Crippen LogP contribution in [0.15, 0.2) is 254 Å². The third-order valence-electron chi connectivity index (χ3n) is 17.7. The van der Waals surface area contributed by atoms with Gasteiger partial charge in [-0.2, -0.15) is 4.31 Å². The van der Waals surface area contributed by atoms with E-state index in [9.17, 15) is 32.4 Å². The number of thioether (sulfide) groups is 1. The van der Waals surface area contributed by atoms with Gasteiger partial charge < -0.3 is 19.6 Å². The van der Waals surface area contributed by atoms with Gasteiger partial charge in [0.2, 0.25) is 15.9 Å². The Bertz CT molecular complexity index is 5310. The molecule has 2 N–H and O–H groups in total. The molecule has 1 unspecified atom stereocenters. The number of fused-ring (bicyclic) bond motifs is 2. The molecule has 14 nitrogen and oxygen atoms in total. The molecule has 1 atom stereocenters. The summed E-state index contributed by atoms with van der Waals surface area (Å²) in [5.41, 5.74) is 18.6. The highest BCUT2D eigenvalue weighted by Gasteiger charge is 2.40. The molecular formula is C88H84Cl2N6O8S3. The van der Waals surface area contributed by atoms with E-state index in [1.54, 1.807) is 66.1 Å². The molecule has 107 heavy (non-hydrogen) atoms. The first-order chi connectivity index (χ1) is 51.3. The Kier molecular flexibility index (Phi) is 27.1. The Balaban J connectivity index is 0.000000144. The van der Waals surface area contributed by atoms with Crippen LogP contribution in [-0.2, 0) is 24.4 Å². The number of halogens is 2. The number of nitrogens with one attached hydrogen (secondary N) is 2. The van der Waals surface area contributed by atoms with Gasteiger partial charge in [0, 0.05) is 58.8 Å². The Morgan fingerprint density at radius 3 is 1.75 bits per heavy atom. The summed E-state index contributed by atoms with van der Waals surface area (Å²) in [7, 11) is -0.181. The average Bonchev–Trinajstić information content (AvgIpc) is 1.76. The topological polar surface area (TPSA) is 183 Å². The third kappa shape index (κ3) is 21.4. The van der Waals surface area contributed by atoms with E-state index in [1.165, 1.54) is 74.2 Å². The molecule has 2 aliphatic heterocycles. The predicted octanol–water partition coefficient (Wildman–Crippen LogP) is 21.0. The van der Waals surface area contributed by atoms with Crippen LogP contribution in [0, 0.1) is 41.5 Å². The maximum absolute atomic E-state index is 12.7. The van der Waals surface area contributed by atoms with Crippen LogP contribution in [0.1, 0.15) is 99.1 Å². The third-order valence-corrected chi connectivity index (χ3v) is 22.1. The molecule has 1 fully saturated rings. The maximum Gasteiger partial charge on any atom is 0.344 e. The van der Waals surface area contributed by atoms with Gasteiger partial charge in [-0.3, -0.25) is 19.2 Å². The van der Waals surface area contributed by atoms with Crippen molar-refractivity contribution < 1.29 is 32.0 Å². The fourth-order valence-corrected chi connectivity index (χ4v) is 15.4. The number of Topliss-reactive ketones (excluding diaryl/α,β-unsaturated/α-hetero) is 1. The van der Waals surface area contributed by atoms with Crippen molar-refractivity contribution in [1.29, 1.82) is 0 Å². The fourth-order valence-electron chi connectivity index (χ4n) is 11.6. The second-order valence-electron chi connectivity index (χ2n) is 26.4. The highest BCUT2D eigenvalue weighted by molar-refractivity contribution is 7.99. The largest absolute Gasteiger partial charge is 0.422 e. The van der Waals surface area contributed by atoms with Crippen molar-refractivity contribution in [3.05, 3.63) is 311 Å². The SMILES string of the molecule is CC(=O)c1cc(S(=O)(=O)N2CCCCC2C)ccc1C.CN(C)C1=C(Cl)C(=O)N(c2ccc(Cl)cc2)C1=O.Cc1ccc(-c2cc(-c3cc4ccc(C)cc4oc3=O)cs2)cc1.Cc1ccc(/C=C/c2ccc(/C=C/c3ccc(C)cc3)cc2)cc1.Cc1ccc(NC(=O)CSc2nc3ccccc3[nH]2)cc1. The summed E-state index contributed by atoms with van der Waals surface area (Å²) in [4.78, 5) is 71.5. The minimum absolute atomic E-state index is 0.0239. The zero-order valence-corrected chi connectivity index (χ0v) is 65.3. The molecule has 9 aromatic carbocycles. The summed E-state index contributed by atoms with van der Waals surface area (Å²) in [6.07, 6.45) is 11.5. The quantitative estimate of drug-likeness (QED) is 0.0327. The van der Waals surface area contributed by atoms with Gasteiger partial charge in [0.25, 0.3) is 11.8 Å². The molecule has 12 aromatic rings. The second-order valence-corrected chi connectivity index (χ2v) is 31.0. The predicted molar refractivity (Wildman–Crippen MR) is 443 cm³/mol. The second kappa shape index (κ2) is 36.7. The maximum atomic E-state index is 12.7. The number of carbonyl (C=O) groups excluding carboxylic acids is 4. The van der Waals surface area contributed by atoms with E-state index in [1.807, 2.05) is 106 Å². The Labute approximate surface area is 644 Å². The van der Waals surface area contributed by atoms with E-state index >= 15 is 0 Å². The number of piperidine rings is 1. The van der Waals surface area contributed by atoms with Crippen molar-refractivity contribution in [1.82, 2.24) is 19.2 Å². The number of hydrogen-bond acceptors (Lipinski definition) is 12. The van der Waals surface area contributed by atoms with Gasteiger partial charge in [0.1, 0.15) is 16.3 Å². The summed E-state index contributed by atoms with van der Waals surface area (Å²) in [5, 5.41) is 7.05. The zero-order chi connectivity index (χ0) is 76.5. The van der Waals surface area contributed by atoms with Crippen molar-refractivity contribution in [2.45, 2.75) is 90.7 Å². The highest BCUT2D eigenvalue weighted by Crippen LogP contribution is 2.35. The van der Waals surface area contributed by atoms with E-state index in [4.69, 9.17) is 27.6 Å². The van der Waals surface area contributed by atoms with Crippen LogP contribution >= 0.6 is 46.3 Å². The lowest BCUT2D eigenvalue weighted by Gasteiger charge is -2.32. The molecule has 0 spiro atoms. The Hall–Kier alpha value is -10.5. The summed E-state index contributed by atoms with van der Waals surface area (Å²) in [6, 6.07) is 70.9. The molecule has 0 bridgehead atoms. The fraction of sp³-hybridized carbons (Fsp3) is 0.182. The number of hydrogen-bond donors (Lipinski definition) is 2. The number of anilines is 2. The molecule has 0 radical (unpaired) electrons. The highest BCUT2D eigenvalue weighted by atomic mass is 35.5. The van der Waals surface area contributed by atoms with Crippen LogP contribution in [0.25, 0.3) is 67.9 Å². The van der Waals surface area contributed by atoms with Crippen LogP contribution < -0.4 is 15.8 Å². The number of thiophene rings is 1. The van der Waals surface area contributed by atoms with E-state index in [2.05, 4.69) is 163 Å².